The summed E-state index contributed by atoms with van der Waals surface area (Å²) in [5.41, 5.74) is 0.178. The minimum Gasteiger partial charge on any atom is -0.321 e. The van der Waals surface area contributed by atoms with Crippen molar-refractivity contribution < 1.29 is 23.5 Å². The molecule has 0 heterocycles. The van der Waals surface area contributed by atoms with Crippen molar-refractivity contribution in [3.63, 3.8) is 0 Å². The smallest absolute Gasteiger partial charge is 0.321 e. The second kappa shape index (κ2) is 6.58. The number of carbonyl (C=O) groups is 1. The van der Waals surface area contributed by atoms with Crippen molar-refractivity contribution in [1.29, 1.82) is 0 Å². The van der Waals surface area contributed by atoms with E-state index >= 15 is 0 Å². The van der Waals surface area contributed by atoms with Crippen LogP contribution in [0.15, 0.2) is 46.9 Å². The Morgan fingerprint density at radius 1 is 1.14 bits per heavy atom. The van der Waals surface area contributed by atoms with Gasteiger partial charge in [-0.05, 0) is 36.4 Å². The fraction of sp³-hybridized carbons (Fsp3) is 0. The lowest BCUT2D eigenvalue weighted by Gasteiger charge is -2.13. The van der Waals surface area contributed by atoms with Crippen molar-refractivity contribution in [1.82, 2.24) is 0 Å². The number of amides is 2. The lowest BCUT2D eigenvalue weighted by atomic mass is 10.3. The van der Waals surface area contributed by atoms with Gasteiger partial charge in [-0.3, -0.25) is 4.57 Å². The van der Waals surface area contributed by atoms with Crippen molar-refractivity contribution in [3.8, 4) is 0 Å². The quantitative estimate of drug-likeness (QED) is 0.607. The highest BCUT2D eigenvalue weighted by atomic mass is 79.9. The lowest BCUT2D eigenvalue weighted by Crippen LogP contribution is -2.23. The van der Waals surface area contributed by atoms with Gasteiger partial charge in [-0.15, -0.1) is 0 Å². The van der Waals surface area contributed by atoms with Gasteiger partial charge in [0.2, 0.25) is 0 Å². The Bertz CT molecular complexity index is 765. The molecule has 2 amide bonds. The summed E-state index contributed by atoms with van der Waals surface area (Å²) in [7, 11) is -4.56. The molecule has 2 aromatic rings. The molecule has 2 aromatic carbocycles. The van der Waals surface area contributed by atoms with E-state index in [1.165, 1.54) is 36.4 Å². The van der Waals surface area contributed by atoms with Crippen LogP contribution in [0.1, 0.15) is 0 Å². The third kappa shape index (κ3) is 4.38. The van der Waals surface area contributed by atoms with E-state index in [1.54, 1.807) is 0 Å². The topological polar surface area (TPSA) is 98.7 Å². The SMILES string of the molecule is O=C(Nc1cccc(F)c1)Nc1ccc(Br)cc1P(=O)(O)O. The molecule has 0 aromatic heterocycles. The first-order chi connectivity index (χ1) is 10.3. The van der Waals surface area contributed by atoms with E-state index in [1.807, 2.05) is 0 Å². The molecule has 0 bridgehead atoms. The molecule has 0 fully saturated rings. The Hall–Kier alpha value is -1.73. The van der Waals surface area contributed by atoms with E-state index in [4.69, 9.17) is 0 Å². The highest BCUT2D eigenvalue weighted by Crippen LogP contribution is 2.37. The summed E-state index contributed by atoms with van der Waals surface area (Å²) in [5.74, 6) is -0.516. The Balaban J connectivity index is 2.20. The minimum atomic E-state index is -4.56. The molecule has 0 aliphatic heterocycles. The molecule has 0 aliphatic carbocycles. The zero-order valence-electron chi connectivity index (χ0n) is 11.0. The van der Waals surface area contributed by atoms with E-state index in [0.717, 1.165) is 6.07 Å². The third-order valence-corrected chi connectivity index (χ3v) is 4.10. The first kappa shape index (κ1) is 16.6. The predicted molar refractivity (Wildman–Crippen MR) is 84.9 cm³/mol. The number of carbonyl (C=O) groups excluding carboxylic acids is 1. The van der Waals surface area contributed by atoms with Gasteiger partial charge in [0.25, 0.3) is 0 Å². The molecule has 0 unspecified atom stereocenters. The van der Waals surface area contributed by atoms with Crippen molar-refractivity contribution in [2.75, 3.05) is 10.6 Å². The standard InChI is InChI=1S/C13H11BrFN2O4P/c14-8-4-5-11(12(6-8)22(19,20)21)17-13(18)16-10-3-1-2-9(15)7-10/h1-7H,(H2,16,17,18)(H2,19,20,21). The summed E-state index contributed by atoms with van der Waals surface area (Å²) in [4.78, 5) is 30.5. The van der Waals surface area contributed by atoms with Crippen LogP contribution in [0.25, 0.3) is 0 Å². The van der Waals surface area contributed by atoms with Crippen molar-refractivity contribution in [2.45, 2.75) is 0 Å². The van der Waals surface area contributed by atoms with Gasteiger partial charge in [-0.1, -0.05) is 22.0 Å². The summed E-state index contributed by atoms with van der Waals surface area (Å²) in [6.07, 6.45) is 0. The van der Waals surface area contributed by atoms with Gasteiger partial charge in [0.15, 0.2) is 0 Å². The van der Waals surface area contributed by atoms with E-state index in [-0.39, 0.29) is 16.7 Å². The molecular weight excluding hydrogens is 378 g/mol. The maximum absolute atomic E-state index is 13.0. The Kier molecular flexibility index (Phi) is 4.97. The van der Waals surface area contributed by atoms with E-state index < -0.39 is 19.4 Å². The molecule has 22 heavy (non-hydrogen) atoms. The van der Waals surface area contributed by atoms with Crippen LogP contribution < -0.4 is 15.9 Å². The fourth-order valence-corrected chi connectivity index (χ4v) is 2.99. The predicted octanol–water partition coefficient (Wildman–Crippen LogP) is 3.04. The second-order valence-electron chi connectivity index (χ2n) is 4.29. The number of benzene rings is 2. The summed E-state index contributed by atoms with van der Waals surface area (Å²) in [6.45, 7) is 0. The number of halogens is 2. The molecule has 0 saturated carbocycles. The molecule has 0 spiro atoms. The van der Waals surface area contributed by atoms with E-state index in [2.05, 4.69) is 26.6 Å². The first-order valence-corrected chi connectivity index (χ1v) is 8.35. The van der Waals surface area contributed by atoms with Gasteiger partial charge in [0.05, 0.1) is 11.0 Å². The molecule has 0 radical (unpaired) electrons. The van der Waals surface area contributed by atoms with E-state index in [9.17, 15) is 23.5 Å². The Labute approximate surface area is 133 Å². The Morgan fingerprint density at radius 3 is 2.50 bits per heavy atom. The number of urea groups is 1. The van der Waals surface area contributed by atoms with Crippen LogP contribution in [0.2, 0.25) is 0 Å². The van der Waals surface area contributed by atoms with Gasteiger partial charge >= 0.3 is 13.6 Å². The maximum Gasteiger partial charge on any atom is 0.358 e. The molecule has 4 N–H and O–H groups in total. The molecule has 116 valence electrons. The zero-order valence-corrected chi connectivity index (χ0v) is 13.4. The van der Waals surface area contributed by atoms with Crippen LogP contribution in [-0.2, 0) is 4.57 Å². The molecule has 0 aliphatic rings. The Morgan fingerprint density at radius 2 is 1.86 bits per heavy atom. The van der Waals surface area contributed by atoms with Crippen LogP contribution in [0.3, 0.4) is 0 Å². The number of hydrogen-bond donors (Lipinski definition) is 4. The molecule has 0 saturated heterocycles. The van der Waals surface area contributed by atoms with E-state index in [0.29, 0.717) is 4.47 Å². The van der Waals surface area contributed by atoms with Crippen LogP contribution in [0.5, 0.6) is 0 Å². The normalized spacial score (nSPS) is 11.1. The van der Waals surface area contributed by atoms with Crippen LogP contribution in [-0.4, -0.2) is 15.8 Å². The van der Waals surface area contributed by atoms with Gasteiger partial charge in [0, 0.05) is 10.2 Å². The van der Waals surface area contributed by atoms with Gasteiger partial charge in [-0.2, -0.15) is 0 Å². The van der Waals surface area contributed by atoms with Gasteiger partial charge < -0.3 is 20.4 Å². The van der Waals surface area contributed by atoms with Crippen molar-refractivity contribution in [3.05, 3.63) is 52.8 Å². The number of hydrogen-bond acceptors (Lipinski definition) is 2. The lowest BCUT2D eigenvalue weighted by molar-refractivity contribution is 0.262. The first-order valence-electron chi connectivity index (χ1n) is 5.95. The second-order valence-corrected chi connectivity index (χ2v) is 6.78. The van der Waals surface area contributed by atoms with Crippen LogP contribution in [0.4, 0.5) is 20.6 Å². The molecule has 2 rings (SSSR count). The largest absolute Gasteiger partial charge is 0.358 e. The summed E-state index contributed by atoms with van der Waals surface area (Å²) in [6, 6.07) is 8.59. The maximum atomic E-state index is 13.0. The summed E-state index contributed by atoms with van der Waals surface area (Å²) < 4.78 is 24.9. The molecular formula is C13H11BrFN2O4P. The fourth-order valence-electron chi connectivity index (χ4n) is 1.70. The summed E-state index contributed by atoms with van der Waals surface area (Å²) in [5, 5.41) is 4.37. The average Bonchev–Trinajstić information content (AvgIpc) is 2.39. The molecule has 6 nitrogen and oxygen atoms in total. The van der Waals surface area contributed by atoms with Gasteiger partial charge in [0.1, 0.15) is 5.82 Å². The van der Waals surface area contributed by atoms with Crippen LogP contribution >= 0.6 is 23.5 Å². The molecule has 9 heteroatoms. The highest BCUT2D eigenvalue weighted by molar-refractivity contribution is 9.10. The third-order valence-electron chi connectivity index (χ3n) is 2.60. The van der Waals surface area contributed by atoms with Crippen molar-refractivity contribution in [2.24, 2.45) is 0 Å². The number of anilines is 2. The highest BCUT2D eigenvalue weighted by Gasteiger charge is 2.23. The minimum absolute atomic E-state index is 0.0366. The monoisotopic (exact) mass is 388 g/mol. The summed E-state index contributed by atoms with van der Waals surface area (Å²) >= 11 is 3.10. The van der Waals surface area contributed by atoms with Crippen molar-refractivity contribution >= 4 is 46.2 Å². The zero-order chi connectivity index (χ0) is 16.3. The van der Waals surface area contributed by atoms with Crippen LogP contribution in [0, 0.1) is 5.82 Å². The average molecular weight is 389 g/mol. The number of rotatable bonds is 3. The van der Waals surface area contributed by atoms with Gasteiger partial charge in [-0.25, -0.2) is 9.18 Å². The molecule has 0 atom stereocenters. The number of nitrogens with one attached hydrogen (secondary N) is 2.